The number of piperazine rings is 1. The highest BCUT2D eigenvalue weighted by Crippen LogP contribution is 2.17. The second kappa shape index (κ2) is 7.26. The maximum absolute atomic E-state index is 12.1. The van der Waals surface area contributed by atoms with Gasteiger partial charge in [-0.1, -0.05) is 12.1 Å². The molecular weight excluding hydrogens is 282 g/mol. The average molecular weight is 305 g/mol. The number of ether oxygens (including phenoxy) is 1. The molecule has 6 nitrogen and oxygen atoms in total. The number of benzene rings is 1. The van der Waals surface area contributed by atoms with E-state index in [-0.39, 0.29) is 6.04 Å². The quantitative estimate of drug-likeness (QED) is 0.833. The van der Waals surface area contributed by atoms with Crippen molar-refractivity contribution in [2.75, 3.05) is 40.3 Å². The van der Waals surface area contributed by atoms with Crippen molar-refractivity contribution >= 4 is 11.8 Å². The van der Waals surface area contributed by atoms with Crippen LogP contribution in [0, 0.1) is 0 Å². The third-order valence-electron chi connectivity index (χ3n) is 3.95. The van der Waals surface area contributed by atoms with Crippen LogP contribution in [0.3, 0.4) is 0 Å². The van der Waals surface area contributed by atoms with Crippen molar-refractivity contribution < 1.29 is 14.3 Å². The Labute approximate surface area is 131 Å². The number of rotatable bonds is 3. The van der Waals surface area contributed by atoms with E-state index < -0.39 is 11.8 Å². The van der Waals surface area contributed by atoms with Gasteiger partial charge < -0.3 is 19.9 Å². The summed E-state index contributed by atoms with van der Waals surface area (Å²) < 4.78 is 5.10. The second-order valence-corrected chi connectivity index (χ2v) is 5.56. The summed E-state index contributed by atoms with van der Waals surface area (Å²) in [5.41, 5.74) is 0.931. The monoisotopic (exact) mass is 305 g/mol. The number of methoxy groups -OCH3 is 1. The summed E-state index contributed by atoms with van der Waals surface area (Å²) in [6.45, 7) is 4.65. The van der Waals surface area contributed by atoms with E-state index in [4.69, 9.17) is 4.74 Å². The molecule has 0 bridgehead atoms. The molecule has 22 heavy (non-hydrogen) atoms. The SMILES string of the molecule is COc1ccc(C(C)NC(=O)C(=O)N2CCN(C)CC2)cc1. The third-order valence-corrected chi connectivity index (χ3v) is 3.95. The van der Waals surface area contributed by atoms with E-state index in [1.165, 1.54) is 0 Å². The Morgan fingerprint density at radius 2 is 1.73 bits per heavy atom. The summed E-state index contributed by atoms with van der Waals surface area (Å²) in [7, 11) is 3.61. The first kappa shape index (κ1) is 16.3. The maximum atomic E-state index is 12.1. The van der Waals surface area contributed by atoms with Gasteiger partial charge in [0.05, 0.1) is 13.2 Å². The zero-order valence-electron chi connectivity index (χ0n) is 13.3. The lowest BCUT2D eigenvalue weighted by Crippen LogP contribution is -2.51. The molecule has 1 N–H and O–H groups in total. The Morgan fingerprint density at radius 3 is 2.27 bits per heavy atom. The van der Waals surface area contributed by atoms with Crippen molar-refractivity contribution in [2.45, 2.75) is 13.0 Å². The minimum Gasteiger partial charge on any atom is -0.497 e. The van der Waals surface area contributed by atoms with Gasteiger partial charge in [-0.05, 0) is 31.7 Å². The molecule has 0 aliphatic carbocycles. The predicted octanol–water partition coefficient (Wildman–Crippen LogP) is 0.646. The van der Waals surface area contributed by atoms with Gasteiger partial charge in [-0.2, -0.15) is 0 Å². The van der Waals surface area contributed by atoms with E-state index in [0.717, 1.165) is 24.4 Å². The minimum atomic E-state index is -0.548. The number of nitrogens with one attached hydrogen (secondary N) is 1. The molecule has 1 saturated heterocycles. The van der Waals surface area contributed by atoms with Crippen molar-refractivity contribution in [3.8, 4) is 5.75 Å². The summed E-state index contributed by atoms with van der Waals surface area (Å²) in [6, 6.07) is 7.20. The molecule has 0 aromatic heterocycles. The van der Waals surface area contributed by atoms with Gasteiger partial charge in [0.25, 0.3) is 0 Å². The predicted molar refractivity (Wildman–Crippen MR) is 83.6 cm³/mol. The molecule has 1 aliphatic rings. The van der Waals surface area contributed by atoms with Crippen LogP contribution in [0.25, 0.3) is 0 Å². The van der Waals surface area contributed by atoms with Crippen LogP contribution in [0.1, 0.15) is 18.5 Å². The van der Waals surface area contributed by atoms with Crippen molar-refractivity contribution in [3.05, 3.63) is 29.8 Å². The number of hydrogen-bond donors (Lipinski definition) is 1. The lowest BCUT2D eigenvalue weighted by molar-refractivity contribution is -0.147. The smallest absolute Gasteiger partial charge is 0.311 e. The van der Waals surface area contributed by atoms with E-state index in [1.54, 1.807) is 12.0 Å². The van der Waals surface area contributed by atoms with Gasteiger partial charge in [0, 0.05) is 26.2 Å². The van der Waals surface area contributed by atoms with Crippen LogP contribution in [-0.2, 0) is 9.59 Å². The topological polar surface area (TPSA) is 61.9 Å². The Kier molecular flexibility index (Phi) is 5.38. The molecular formula is C16H23N3O3. The van der Waals surface area contributed by atoms with Gasteiger partial charge in [0.1, 0.15) is 5.75 Å². The summed E-state index contributed by atoms with van der Waals surface area (Å²) in [4.78, 5) is 28.0. The van der Waals surface area contributed by atoms with Crippen LogP contribution < -0.4 is 10.1 Å². The maximum Gasteiger partial charge on any atom is 0.311 e. The van der Waals surface area contributed by atoms with Gasteiger partial charge in [-0.25, -0.2) is 0 Å². The van der Waals surface area contributed by atoms with E-state index >= 15 is 0 Å². The number of amides is 2. The summed E-state index contributed by atoms with van der Waals surface area (Å²) in [5, 5.41) is 2.76. The number of carbonyl (C=O) groups excluding carboxylic acids is 2. The summed E-state index contributed by atoms with van der Waals surface area (Å²) in [5.74, 6) is -0.239. The average Bonchev–Trinajstić information content (AvgIpc) is 2.54. The van der Waals surface area contributed by atoms with Gasteiger partial charge in [0.15, 0.2) is 0 Å². The zero-order chi connectivity index (χ0) is 16.1. The molecule has 1 unspecified atom stereocenters. The van der Waals surface area contributed by atoms with Crippen molar-refractivity contribution in [1.82, 2.24) is 15.1 Å². The highest BCUT2D eigenvalue weighted by Gasteiger charge is 2.25. The van der Waals surface area contributed by atoms with Crippen molar-refractivity contribution in [3.63, 3.8) is 0 Å². The summed E-state index contributed by atoms with van der Waals surface area (Å²) >= 11 is 0. The van der Waals surface area contributed by atoms with Crippen LogP contribution in [-0.4, -0.2) is 62.0 Å². The fourth-order valence-corrected chi connectivity index (χ4v) is 2.39. The number of nitrogens with zero attached hydrogens (tertiary/aromatic N) is 2. The fourth-order valence-electron chi connectivity index (χ4n) is 2.39. The van der Waals surface area contributed by atoms with Gasteiger partial charge in [-0.3, -0.25) is 9.59 Å². The van der Waals surface area contributed by atoms with E-state index in [2.05, 4.69) is 10.2 Å². The van der Waals surface area contributed by atoms with Crippen LogP contribution in [0.2, 0.25) is 0 Å². The Hall–Kier alpha value is -2.08. The number of carbonyl (C=O) groups is 2. The minimum absolute atomic E-state index is 0.227. The Bertz CT molecular complexity index is 522. The second-order valence-electron chi connectivity index (χ2n) is 5.56. The molecule has 0 spiro atoms. The largest absolute Gasteiger partial charge is 0.497 e. The molecule has 6 heteroatoms. The lowest BCUT2D eigenvalue weighted by Gasteiger charge is -2.32. The van der Waals surface area contributed by atoms with Crippen LogP contribution in [0.5, 0.6) is 5.75 Å². The van der Waals surface area contributed by atoms with Crippen molar-refractivity contribution in [2.24, 2.45) is 0 Å². The molecule has 2 amide bonds. The summed E-state index contributed by atoms with van der Waals surface area (Å²) in [6.07, 6.45) is 0. The zero-order valence-corrected chi connectivity index (χ0v) is 13.3. The van der Waals surface area contributed by atoms with Gasteiger partial charge in [-0.15, -0.1) is 0 Å². The molecule has 0 radical (unpaired) electrons. The Balaban J connectivity index is 1.91. The van der Waals surface area contributed by atoms with Gasteiger partial charge >= 0.3 is 11.8 Å². The van der Waals surface area contributed by atoms with Gasteiger partial charge in [0.2, 0.25) is 0 Å². The molecule has 1 aliphatic heterocycles. The van der Waals surface area contributed by atoms with Crippen molar-refractivity contribution in [1.29, 1.82) is 0 Å². The first-order chi connectivity index (χ1) is 10.5. The third kappa shape index (κ3) is 3.98. The molecule has 1 atom stereocenters. The Morgan fingerprint density at radius 1 is 1.14 bits per heavy atom. The molecule has 0 saturated carbocycles. The van der Waals surface area contributed by atoms with Crippen LogP contribution in [0.15, 0.2) is 24.3 Å². The molecule has 1 aromatic carbocycles. The molecule has 1 fully saturated rings. The first-order valence-electron chi connectivity index (χ1n) is 7.43. The van der Waals surface area contributed by atoms with Crippen LogP contribution in [0.4, 0.5) is 0 Å². The van der Waals surface area contributed by atoms with Crippen LogP contribution >= 0.6 is 0 Å². The first-order valence-corrected chi connectivity index (χ1v) is 7.43. The highest BCUT2D eigenvalue weighted by atomic mass is 16.5. The van der Waals surface area contributed by atoms with E-state index in [9.17, 15) is 9.59 Å². The van der Waals surface area contributed by atoms with E-state index in [1.807, 2.05) is 38.2 Å². The fraction of sp³-hybridized carbons (Fsp3) is 0.500. The molecule has 1 aromatic rings. The number of likely N-dealkylation sites (N-methyl/N-ethyl adjacent to an activating group) is 1. The normalized spacial score (nSPS) is 17.0. The molecule has 1 heterocycles. The van der Waals surface area contributed by atoms with E-state index in [0.29, 0.717) is 13.1 Å². The number of hydrogen-bond acceptors (Lipinski definition) is 4. The standard InChI is InChI=1S/C16H23N3O3/c1-12(13-4-6-14(22-3)7-5-13)17-15(20)16(21)19-10-8-18(2)9-11-19/h4-7,12H,8-11H2,1-3H3,(H,17,20). The highest BCUT2D eigenvalue weighted by molar-refractivity contribution is 6.35. The molecule has 120 valence electrons. The lowest BCUT2D eigenvalue weighted by atomic mass is 10.1. The molecule has 2 rings (SSSR count).